The molecule has 1 nitrogen and oxygen atoms in total. The zero-order chi connectivity index (χ0) is 9.84. The predicted octanol–water partition coefficient (Wildman–Crippen LogP) is 3.20. The minimum atomic E-state index is 0.715. The fourth-order valence-electron chi connectivity index (χ4n) is 2.54. The van der Waals surface area contributed by atoms with E-state index in [-0.39, 0.29) is 0 Å². The van der Waals surface area contributed by atoms with Crippen LogP contribution < -0.4 is 5.32 Å². The van der Waals surface area contributed by atoms with Gasteiger partial charge in [0.05, 0.1) is 0 Å². The van der Waals surface area contributed by atoms with Crippen molar-refractivity contribution in [2.45, 2.75) is 65.5 Å². The Balaban J connectivity index is 2.19. The van der Waals surface area contributed by atoms with Crippen LogP contribution in [-0.4, -0.2) is 12.1 Å². The first kappa shape index (κ1) is 11.0. The molecule has 1 N–H and O–H groups in total. The third-order valence-corrected chi connectivity index (χ3v) is 3.63. The molecule has 1 atom stereocenters. The molecule has 78 valence electrons. The third-order valence-electron chi connectivity index (χ3n) is 3.63. The summed E-state index contributed by atoms with van der Waals surface area (Å²) in [5.74, 6) is 1.84. The quantitative estimate of drug-likeness (QED) is 0.690. The fraction of sp³-hybridized carbons (Fsp3) is 1.00. The van der Waals surface area contributed by atoms with Crippen molar-refractivity contribution in [1.82, 2.24) is 5.32 Å². The van der Waals surface area contributed by atoms with Gasteiger partial charge in [-0.25, -0.2) is 0 Å². The summed E-state index contributed by atoms with van der Waals surface area (Å²) in [4.78, 5) is 0. The summed E-state index contributed by atoms with van der Waals surface area (Å²) in [6.45, 7) is 9.30. The van der Waals surface area contributed by atoms with Crippen LogP contribution in [0.5, 0.6) is 0 Å². The molecule has 1 unspecified atom stereocenters. The maximum atomic E-state index is 3.75. The topological polar surface area (TPSA) is 12.0 Å². The molecule has 1 saturated carbocycles. The van der Waals surface area contributed by atoms with E-state index in [1.165, 1.54) is 25.7 Å². The summed E-state index contributed by atoms with van der Waals surface area (Å²) in [5.41, 5.74) is 0. The second kappa shape index (κ2) is 4.99. The van der Waals surface area contributed by atoms with Crippen molar-refractivity contribution in [2.75, 3.05) is 0 Å². The molecule has 1 rings (SSSR count). The highest BCUT2D eigenvalue weighted by molar-refractivity contribution is 4.85. The average molecular weight is 183 g/mol. The molecular formula is C12H25N. The van der Waals surface area contributed by atoms with Gasteiger partial charge in [-0.1, -0.05) is 33.6 Å². The van der Waals surface area contributed by atoms with Crippen molar-refractivity contribution < 1.29 is 0 Å². The molecule has 0 amide bonds. The molecule has 0 bridgehead atoms. The summed E-state index contributed by atoms with van der Waals surface area (Å²) in [5, 5.41) is 3.75. The number of rotatable bonds is 5. The van der Waals surface area contributed by atoms with Crippen LogP contribution in [0.1, 0.15) is 53.4 Å². The van der Waals surface area contributed by atoms with Crippen LogP contribution in [-0.2, 0) is 0 Å². The maximum absolute atomic E-state index is 3.75. The summed E-state index contributed by atoms with van der Waals surface area (Å²) in [7, 11) is 0. The van der Waals surface area contributed by atoms with Crippen LogP contribution in [0.3, 0.4) is 0 Å². The van der Waals surface area contributed by atoms with Crippen LogP contribution in [0.4, 0.5) is 0 Å². The molecule has 0 aromatic rings. The highest BCUT2D eigenvalue weighted by atomic mass is 15.0. The highest BCUT2D eigenvalue weighted by Gasteiger charge is 2.27. The minimum absolute atomic E-state index is 0.715. The van der Waals surface area contributed by atoms with E-state index in [2.05, 4.69) is 33.0 Å². The van der Waals surface area contributed by atoms with Gasteiger partial charge in [0, 0.05) is 12.1 Å². The molecule has 0 aliphatic heterocycles. The van der Waals surface area contributed by atoms with Crippen molar-refractivity contribution in [3.8, 4) is 0 Å². The van der Waals surface area contributed by atoms with Crippen molar-refractivity contribution >= 4 is 0 Å². The van der Waals surface area contributed by atoms with E-state index in [1.807, 2.05) is 0 Å². The molecule has 13 heavy (non-hydrogen) atoms. The molecule has 1 heteroatoms. The zero-order valence-corrected chi connectivity index (χ0v) is 9.64. The Morgan fingerprint density at radius 3 is 2.15 bits per heavy atom. The van der Waals surface area contributed by atoms with Crippen molar-refractivity contribution in [3.63, 3.8) is 0 Å². The van der Waals surface area contributed by atoms with E-state index >= 15 is 0 Å². The molecule has 0 radical (unpaired) electrons. The fourth-order valence-corrected chi connectivity index (χ4v) is 2.54. The van der Waals surface area contributed by atoms with E-state index in [4.69, 9.17) is 0 Å². The maximum Gasteiger partial charge on any atom is 0.00747 e. The second-order valence-corrected chi connectivity index (χ2v) is 4.81. The lowest BCUT2D eigenvalue weighted by atomic mass is 9.80. The Hall–Kier alpha value is -0.0400. The van der Waals surface area contributed by atoms with Gasteiger partial charge in [0.2, 0.25) is 0 Å². The average Bonchev–Trinajstić information content (AvgIpc) is 2.04. The lowest BCUT2D eigenvalue weighted by Crippen LogP contribution is -2.47. The Morgan fingerprint density at radius 2 is 1.77 bits per heavy atom. The Bertz CT molecular complexity index is 134. The highest BCUT2D eigenvalue weighted by Crippen LogP contribution is 2.27. The SMILES string of the molecule is CCC(CC)C(C)NC1CC(C)C1. The van der Waals surface area contributed by atoms with Gasteiger partial charge in [-0.2, -0.15) is 0 Å². The molecule has 0 saturated heterocycles. The number of hydrogen-bond acceptors (Lipinski definition) is 1. The van der Waals surface area contributed by atoms with Crippen LogP contribution >= 0.6 is 0 Å². The molecule has 0 aromatic carbocycles. The molecule has 1 aliphatic rings. The van der Waals surface area contributed by atoms with Crippen LogP contribution in [0, 0.1) is 11.8 Å². The van der Waals surface area contributed by atoms with Crippen LogP contribution in [0.25, 0.3) is 0 Å². The first-order chi connectivity index (χ1) is 6.17. The van der Waals surface area contributed by atoms with Gasteiger partial charge < -0.3 is 5.32 Å². The van der Waals surface area contributed by atoms with Gasteiger partial charge in [-0.05, 0) is 31.6 Å². The first-order valence-electron chi connectivity index (χ1n) is 5.93. The number of nitrogens with one attached hydrogen (secondary N) is 1. The van der Waals surface area contributed by atoms with Gasteiger partial charge in [-0.15, -0.1) is 0 Å². The summed E-state index contributed by atoms with van der Waals surface area (Å²) in [6, 6.07) is 1.54. The summed E-state index contributed by atoms with van der Waals surface area (Å²) >= 11 is 0. The van der Waals surface area contributed by atoms with E-state index in [0.29, 0.717) is 6.04 Å². The largest absolute Gasteiger partial charge is 0.311 e. The summed E-state index contributed by atoms with van der Waals surface area (Å²) < 4.78 is 0. The molecule has 1 aliphatic carbocycles. The van der Waals surface area contributed by atoms with Gasteiger partial charge in [0.25, 0.3) is 0 Å². The lowest BCUT2D eigenvalue weighted by molar-refractivity contribution is 0.200. The molecule has 1 fully saturated rings. The Morgan fingerprint density at radius 1 is 1.23 bits per heavy atom. The van der Waals surface area contributed by atoms with E-state index < -0.39 is 0 Å². The standard InChI is InChI=1S/C12H25N/c1-5-11(6-2)10(4)13-12-7-9(3)8-12/h9-13H,5-8H2,1-4H3. The predicted molar refractivity (Wildman–Crippen MR) is 58.9 cm³/mol. The normalized spacial score (nSPS) is 30.2. The van der Waals surface area contributed by atoms with Gasteiger partial charge in [-0.3, -0.25) is 0 Å². The van der Waals surface area contributed by atoms with E-state index in [9.17, 15) is 0 Å². The summed E-state index contributed by atoms with van der Waals surface area (Å²) in [6.07, 6.45) is 5.41. The molecule has 0 spiro atoms. The van der Waals surface area contributed by atoms with E-state index in [0.717, 1.165) is 17.9 Å². The van der Waals surface area contributed by atoms with Crippen molar-refractivity contribution in [3.05, 3.63) is 0 Å². The van der Waals surface area contributed by atoms with Gasteiger partial charge in [0.1, 0.15) is 0 Å². The molecular weight excluding hydrogens is 158 g/mol. The van der Waals surface area contributed by atoms with Crippen LogP contribution in [0.2, 0.25) is 0 Å². The monoisotopic (exact) mass is 183 g/mol. The lowest BCUT2D eigenvalue weighted by Gasteiger charge is -2.37. The number of hydrogen-bond donors (Lipinski definition) is 1. The second-order valence-electron chi connectivity index (χ2n) is 4.81. The smallest absolute Gasteiger partial charge is 0.00747 e. The molecule has 0 aromatic heterocycles. The molecule has 0 heterocycles. The van der Waals surface area contributed by atoms with Crippen LogP contribution in [0.15, 0.2) is 0 Å². The van der Waals surface area contributed by atoms with Crippen molar-refractivity contribution in [2.24, 2.45) is 11.8 Å². The van der Waals surface area contributed by atoms with Crippen molar-refractivity contribution in [1.29, 1.82) is 0 Å². The Kier molecular flexibility index (Phi) is 4.24. The van der Waals surface area contributed by atoms with Gasteiger partial charge >= 0.3 is 0 Å². The van der Waals surface area contributed by atoms with E-state index in [1.54, 1.807) is 0 Å². The zero-order valence-electron chi connectivity index (χ0n) is 9.64. The Labute approximate surface area is 83.3 Å². The third kappa shape index (κ3) is 2.98. The first-order valence-corrected chi connectivity index (χ1v) is 5.93. The van der Waals surface area contributed by atoms with Gasteiger partial charge in [0.15, 0.2) is 0 Å². The minimum Gasteiger partial charge on any atom is -0.311 e.